The Morgan fingerprint density at radius 2 is 1.62 bits per heavy atom. The van der Waals surface area contributed by atoms with Gasteiger partial charge in [0.05, 0.1) is 24.9 Å². The van der Waals surface area contributed by atoms with Gasteiger partial charge in [-0.2, -0.15) is 0 Å². The molecule has 3 fully saturated rings. The largest absolute Gasteiger partial charge is 0.448 e. The van der Waals surface area contributed by atoms with E-state index in [0.29, 0.717) is 6.61 Å². The number of alkyl halides is 3. The van der Waals surface area contributed by atoms with E-state index < -0.39 is 28.1 Å². The van der Waals surface area contributed by atoms with Gasteiger partial charge in [0.15, 0.2) is 12.1 Å². The van der Waals surface area contributed by atoms with Crippen molar-refractivity contribution in [3.8, 4) is 0 Å². The maximum absolute atomic E-state index is 7.86. The Balaban J connectivity index is 1.73. The normalized spacial score (nSPS) is 44.9. The molecule has 29 heavy (non-hydrogen) atoms. The first kappa shape index (κ1) is 23.8. The van der Waals surface area contributed by atoms with E-state index in [1.54, 1.807) is 0 Å². The van der Waals surface area contributed by atoms with Gasteiger partial charge in [-0.3, -0.25) is 5.41 Å². The first-order valence-corrected chi connectivity index (χ1v) is 11.0. The Morgan fingerprint density at radius 3 is 2.24 bits per heavy atom. The SMILES string of the molecule is CC1O[C@H](OC(=N)C(Cl)(Cl)Cl)C(C)[C@@H](O[C@H]2OC[C@@H](C)[C@@H]3OC(C)(C)OC23)[C@@H]1C. The molecular weight excluding hydrogens is 445 g/mol. The van der Waals surface area contributed by atoms with Gasteiger partial charge in [0.2, 0.25) is 12.2 Å². The van der Waals surface area contributed by atoms with Gasteiger partial charge >= 0.3 is 0 Å². The molecule has 0 amide bonds. The highest BCUT2D eigenvalue weighted by molar-refractivity contribution is 6.76. The number of halogens is 3. The molecule has 3 unspecified atom stereocenters. The third-order valence-electron chi connectivity index (χ3n) is 5.85. The van der Waals surface area contributed by atoms with E-state index in [-0.39, 0.29) is 42.2 Å². The van der Waals surface area contributed by atoms with Crippen LogP contribution in [0.1, 0.15) is 41.5 Å². The first-order valence-electron chi connectivity index (χ1n) is 9.90. The van der Waals surface area contributed by atoms with Crippen molar-refractivity contribution < 1.29 is 28.4 Å². The molecule has 10 heteroatoms. The van der Waals surface area contributed by atoms with Crippen molar-refractivity contribution in [1.82, 2.24) is 0 Å². The molecule has 3 aliphatic heterocycles. The Hall–Kier alpha value is 0.140. The molecule has 3 aliphatic rings. The lowest BCUT2D eigenvalue weighted by Gasteiger charge is -2.46. The molecule has 1 N–H and O–H groups in total. The fourth-order valence-electron chi connectivity index (χ4n) is 4.10. The third kappa shape index (κ3) is 5.14. The van der Waals surface area contributed by atoms with Gasteiger partial charge in [-0.05, 0) is 20.8 Å². The van der Waals surface area contributed by atoms with Crippen LogP contribution in [0.25, 0.3) is 0 Å². The van der Waals surface area contributed by atoms with Crippen molar-refractivity contribution >= 4 is 40.7 Å². The highest BCUT2D eigenvalue weighted by Gasteiger charge is 2.53. The maximum Gasteiger partial charge on any atom is 0.265 e. The van der Waals surface area contributed by atoms with E-state index in [1.165, 1.54) is 0 Å². The Kier molecular flexibility index (Phi) is 7.04. The second-order valence-corrected chi connectivity index (χ2v) is 11.0. The van der Waals surface area contributed by atoms with E-state index in [4.69, 9.17) is 68.6 Å². The van der Waals surface area contributed by atoms with E-state index in [0.717, 1.165) is 0 Å². The third-order valence-corrected chi connectivity index (χ3v) is 6.37. The number of hydrogen-bond acceptors (Lipinski definition) is 7. The van der Waals surface area contributed by atoms with Crippen molar-refractivity contribution in [2.45, 2.75) is 88.1 Å². The van der Waals surface area contributed by atoms with E-state index in [2.05, 4.69) is 6.92 Å². The maximum atomic E-state index is 7.86. The van der Waals surface area contributed by atoms with Crippen LogP contribution in [-0.2, 0) is 28.4 Å². The zero-order valence-electron chi connectivity index (χ0n) is 17.5. The summed E-state index contributed by atoms with van der Waals surface area (Å²) in [4.78, 5) is 0. The van der Waals surface area contributed by atoms with Crippen LogP contribution in [0.2, 0.25) is 0 Å². The van der Waals surface area contributed by atoms with Gasteiger partial charge in [0, 0.05) is 17.8 Å². The van der Waals surface area contributed by atoms with Crippen molar-refractivity contribution in [3.05, 3.63) is 0 Å². The standard InChI is InChI=1S/C19H30Cl3NO6/c1-8-7-24-16(14-12(8)28-18(5,6)29-14)26-13-9(2)11(4)25-15(10(13)3)27-17(23)19(20,21)22/h8-16,23H,7H2,1-6H3/t8-,9-,10?,11?,12+,13+,14?,15-,16-/m1/s1. The number of hydrogen-bond donors (Lipinski definition) is 1. The number of fused-ring (bicyclic) bond motifs is 1. The smallest absolute Gasteiger partial charge is 0.265 e. The minimum atomic E-state index is -1.96. The van der Waals surface area contributed by atoms with Crippen LogP contribution in [0.5, 0.6) is 0 Å². The predicted molar refractivity (Wildman–Crippen MR) is 109 cm³/mol. The second-order valence-electron chi connectivity index (χ2n) is 8.72. The minimum Gasteiger partial charge on any atom is -0.448 e. The molecule has 3 saturated heterocycles. The van der Waals surface area contributed by atoms with E-state index >= 15 is 0 Å². The van der Waals surface area contributed by atoms with Crippen LogP contribution in [0.15, 0.2) is 0 Å². The van der Waals surface area contributed by atoms with E-state index in [1.807, 2.05) is 34.6 Å². The summed E-state index contributed by atoms with van der Waals surface area (Å²) in [5.41, 5.74) is 0. The summed E-state index contributed by atoms with van der Waals surface area (Å²) in [6.07, 6.45) is -2.27. The number of rotatable bonds is 3. The summed E-state index contributed by atoms with van der Waals surface area (Å²) in [5, 5.41) is 7.86. The lowest BCUT2D eigenvalue weighted by Crippen LogP contribution is -2.56. The predicted octanol–water partition coefficient (Wildman–Crippen LogP) is 4.27. The summed E-state index contributed by atoms with van der Waals surface area (Å²) >= 11 is 17.3. The molecule has 0 aliphatic carbocycles. The van der Waals surface area contributed by atoms with Crippen molar-refractivity contribution in [2.24, 2.45) is 17.8 Å². The van der Waals surface area contributed by atoms with E-state index in [9.17, 15) is 0 Å². The molecule has 0 saturated carbocycles. The van der Waals surface area contributed by atoms with Crippen molar-refractivity contribution in [3.63, 3.8) is 0 Å². The highest BCUT2D eigenvalue weighted by Crippen LogP contribution is 2.41. The van der Waals surface area contributed by atoms with Crippen molar-refractivity contribution in [2.75, 3.05) is 6.61 Å². The lowest BCUT2D eigenvalue weighted by atomic mass is 9.86. The quantitative estimate of drug-likeness (QED) is 0.374. The topological polar surface area (TPSA) is 79.2 Å². The fraction of sp³-hybridized carbons (Fsp3) is 0.947. The first-order chi connectivity index (χ1) is 13.3. The average Bonchev–Trinajstić information content (AvgIpc) is 2.93. The molecule has 7 nitrogen and oxygen atoms in total. The van der Waals surface area contributed by atoms with Crippen LogP contribution in [0, 0.1) is 23.2 Å². The zero-order valence-corrected chi connectivity index (χ0v) is 19.8. The zero-order chi connectivity index (χ0) is 21.7. The minimum absolute atomic E-state index is 0.0449. The van der Waals surface area contributed by atoms with Gasteiger partial charge < -0.3 is 28.4 Å². The Morgan fingerprint density at radius 1 is 1.00 bits per heavy atom. The highest BCUT2D eigenvalue weighted by atomic mass is 35.6. The molecule has 9 atom stereocenters. The molecule has 0 aromatic heterocycles. The van der Waals surface area contributed by atoms with Gasteiger partial charge in [0.25, 0.3) is 3.79 Å². The summed E-state index contributed by atoms with van der Waals surface area (Å²) in [6.45, 7) is 12.3. The van der Waals surface area contributed by atoms with Crippen LogP contribution in [-0.4, -0.2) is 59.1 Å². The van der Waals surface area contributed by atoms with Gasteiger partial charge in [-0.15, -0.1) is 0 Å². The molecule has 0 radical (unpaired) electrons. The van der Waals surface area contributed by atoms with Crippen molar-refractivity contribution in [1.29, 1.82) is 5.41 Å². The number of ether oxygens (including phenoxy) is 6. The molecule has 0 aromatic carbocycles. The Labute approximate surface area is 187 Å². The summed E-state index contributed by atoms with van der Waals surface area (Å²) in [6, 6.07) is 0. The monoisotopic (exact) mass is 473 g/mol. The number of nitrogens with one attached hydrogen (secondary N) is 1. The summed E-state index contributed by atoms with van der Waals surface area (Å²) in [5.74, 6) is -1.18. The van der Waals surface area contributed by atoms with Gasteiger partial charge in [-0.1, -0.05) is 55.6 Å². The van der Waals surface area contributed by atoms with Crippen LogP contribution < -0.4 is 0 Å². The summed E-state index contributed by atoms with van der Waals surface area (Å²) < 4.78 is 34.1. The molecule has 168 valence electrons. The van der Waals surface area contributed by atoms with Gasteiger partial charge in [-0.25, -0.2) is 0 Å². The Bertz CT molecular complexity index is 615. The summed E-state index contributed by atoms with van der Waals surface area (Å²) in [7, 11) is 0. The van der Waals surface area contributed by atoms with Crippen LogP contribution in [0.3, 0.4) is 0 Å². The second kappa shape index (κ2) is 8.58. The molecule has 0 bridgehead atoms. The molecule has 0 spiro atoms. The fourth-order valence-corrected chi connectivity index (χ4v) is 4.24. The molecule has 3 heterocycles. The lowest BCUT2D eigenvalue weighted by molar-refractivity contribution is -0.305. The van der Waals surface area contributed by atoms with Gasteiger partial charge in [0.1, 0.15) is 6.10 Å². The average molecular weight is 475 g/mol. The molecule has 0 aromatic rings. The van der Waals surface area contributed by atoms with Crippen LogP contribution in [0.4, 0.5) is 0 Å². The molecular formula is C19H30Cl3NO6. The molecule has 3 rings (SSSR count). The van der Waals surface area contributed by atoms with Crippen LogP contribution >= 0.6 is 34.8 Å².